The van der Waals surface area contributed by atoms with E-state index >= 15 is 0 Å². The number of carbonyl (C=O) groups is 2. The van der Waals surface area contributed by atoms with Crippen molar-refractivity contribution in [3.63, 3.8) is 0 Å². The van der Waals surface area contributed by atoms with Crippen LogP contribution in [0.25, 0.3) is 17.0 Å². The average Bonchev–Trinajstić information content (AvgIpc) is 3.33. The van der Waals surface area contributed by atoms with Crippen LogP contribution in [0.5, 0.6) is 0 Å². The highest BCUT2D eigenvalue weighted by molar-refractivity contribution is 8.19. The summed E-state index contributed by atoms with van der Waals surface area (Å²) in [5.74, 6) is -0.812. The van der Waals surface area contributed by atoms with Gasteiger partial charge in [0, 0.05) is 27.7 Å². The number of imide groups is 1. The smallest absolute Gasteiger partial charge is 0.298 e. The Hall–Kier alpha value is -3.06. The molecule has 0 N–H and O–H groups in total. The van der Waals surface area contributed by atoms with Crippen LogP contribution in [0.4, 0.5) is 14.9 Å². The molecule has 4 nitrogen and oxygen atoms in total. The number of fused-ring (bicyclic) bond motifs is 1. The lowest BCUT2D eigenvalue weighted by atomic mass is 10.1. The van der Waals surface area contributed by atoms with Gasteiger partial charge in [-0.25, -0.2) is 9.29 Å². The highest BCUT2D eigenvalue weighted by Gasteiger charge is 2.37. The Kier molecular flexibility index (Phi) is 6.45. The number of para-hydroxylation sites is 2. The van der Waals surface area contributed by atoms with Crippen LogP contribution in [0.1, 0.15) is 23.6 Å². The number of thioether (sulfide) groups is 1. The molecule has 0 unspecified atom stereocenters. The number of aromatic nitrogens is 1. The molecule has 1 aliphatic rings. The molecule has 3 aromatic carbocycles. The van der Waals surface area contributed by atoms with Gasteiger partial charge in [0.1, 0.15) is 5.82 Å². The summed E-state index contributed by atoms with van der Waals surface area (Å²) in [6, 6.07) is 17.3. The fraction of sp³-hybridized carbons (Fsp3) is 0.111. The van der Waals surface area contributed by atoms with Crippen LogP contribution >= 0.6 is 35.0 Å². The van der Waals surface area contributed by atoms with Gasteiger partial charge in [0.05, 0.1) is 27.7 Å². The van der Waals surface area contributed by atoms with E-state index in [0.29, 0.717) is 26.2 Å². The van der Waals surface area contributed by atoms with Gasteiger partial charge in [-0.1, -0.05) is 66.5 Å². The van der Waals surface area contributed by atoms with Crippen LogP contribution < -0.4 is 4.90 Å². The molecule has 1 fully saturated rings. The molecule has 5 rings (SSSR count). The first-order valence-corrected chi connectivity index (χ1v) is 12.5. The van der Waals surface area contributed by atoms with Crippen molar-refractivity contribution in [1.82, 2.24) is 4.57 Å². The number of carbonyl (C=O) groups excluding carboxylic acids is 2. The fourth-order valence-corrected chi connectivity index (χ4v) is 5.56. The topological polar surface area (TPSA) is 42.3 Å². The molecular weight excluding hydrogens is 506 g/mol. The molecule has 0 saturated carbocycles. The molecule has 176 valence electrons. The molecule has 1 aromatic heterocycles. The molecule has 0 radical (unpaired) electrons. The van der Waals surface area contributed by atoms with Gasteiger partial charge in [-0.15, -0.1) is 0 Å². The molecule has 0 atom stereocenters. The Bertz CT molecular complexity index is 1510. The molecule has 2 heterocycles. The summed E-state index contributed by atoms with van der Waals surface area (Å²) >= 11 is 13.4. The molecule has 0 bridgehead atoms. The molecule has 0 spiro atoms. The monoisotopic (exact) mass is 524 g/mol. The third kappa shape index (κ3) is 4.27. The highest BCUT2D eigenvalue weighted by atomic mass is 35.5. The van der Waals surface area contributed by atoms with E-state index in [9.17, 15) is 14.0 Å². The van der Waals surface area contributed by atoms with Crippen LogP contribution in [-0.4, -0.2) is 15.7 Å². The van der Waals surface area contributed by atoms with Gasteiger partial charge in [0.2, 0.25) is 0 Å². The van der Waals surface area contributed by atoms with Crippen LogP contribution in [0.15, 0.2) is 71.8 Å². The lowest BCUT2D eigenvalue weighted by Gasteiger charge is -2.13. The van der Waals surface area contributed by atoms with Crippen LogP contribution in [0, 0.1) is 5.82 Å². The van der Waals surface area contributed by atoms with E-state index in [2.05, 4.69) is 6.92 Å². The molecule has 0 aliphatic carbocycles. The van der Waals surface area contributed by atoms with Crippen LogP contribution in [0.2, 0.25) is 10.0 Å². The number of nitrogens with zero attached hydrogens (tertiary/aromatic N) is 2. The van der Waals surface area contributed by atoms with Crippen molar-refractivity contribution >= 4 is 68.8 Å². The maximum Gasteiger partial charge on any atom is 0.298 e. The summed E-state index contributed by atoms with van der Waals surface area (Å²) in [5, 5.41) is 1.16. The molecule has 1 saturated heterocycles. The molecule has 4 aromatic rings. The lowest BCUT2D eigenvalue weighted by Crippen LogP contribution is -2.27. The van der Waals surface area contributed by atoms with Crippen molar-refractivity contribution in [3.05, 3.63) is 104 Å². The number of amides is 2. The molecule has 8 heteroatoms. The van der Waals surface area contributed by atoms with E-state index in [4.69, 9.17) is 23.2 Å². The summed E-state index contributed by atoms with van der Waals surface area (Å²) in [7, 11) is 0. The Morgan fingerprint density at radius 2 is 1.71 bits per heavy atom. The second-order valence-corrected chi connectivity index (χ2v) is 9.86. The third-order valence-corrected chi connectivity index (χ3v) is 7.50. The Morgan fingerprint density at radius 1 is 0.971 bits per heavy atom. The quantitative estimate of drug-likeness (QED) is 0.249. The summed E-state index contributed by atoms with van der Waals surface area (Å²) in [6.07, 6.45) is 4.36. The standard InChI is InChI=1S/C27H19Cl2FN2O2S/c1-2-16-7-5-8-18-17(14-31(25(16)18)15-19-20(28)10-6-11-22(19)30)13-24-26(33)32(27(34)35-24)23-12-4-3-9-21(23)29/h3-14H,2,15H2,1H3/b24-13-. The molecular formula is C27H19Cl2FN2O2S. The largest absolute Gasteiger partial charge is 0.342 e. The van der Waals surface area contributed by atoms with Crippen molar-refractivity contribution in [2.24, 2.45) is 0 Å². The van der Waals surface area contributed by atoms with Gasteiger partial charge in [0.25, 0.3) is 11.1 Å². The lowest BCUT2D eigenvalue weighted by molar-refractivity contribution is -0.113. The Labute approximate surface area is 215 Å². The molecule has 35 heavy (non-hydrogen) atoms. The fourth-order valence-electron chi connectivity index (χ4n) is 4.29. The predicted molar refractivity (Wildman–Crippen MR) is 142 cm³/mol. The number of hydrogen-bond acceptors (Lipinski definition) is 3. The first kappa shape index (κ1) is 23.7. The SMILES string of the molecule is CCc1cccc2c(/C=C3\SC(=O)N(c4ccccc4Cl)C3=O)cn(Cc3c(F)cccc3Cl)c12. The number of aryl methyl sites for hydroxylation is 1. The minimum absolute atomic E-state index is 0.230. The van der Waals surface area contributed by atoms with Gasteiger partial charge in [-0.05, 0) is 54.1 Å². The second kappa shape index (κ2) is 9.53. The van der Waals surface area contributed by atoms with Crippen molar-refractivity contribution in [2.75, 3.05) is 4.90 Å². The van der Waals surface area contributed by atoms with E-state index in [-0.39, 0.29) is 12.4 Å². The van der Waals surface area contributed by atoms with E-state index in [0.717, 1.165) is 45.1 Å². The van der Waals surface area contributed by atoms with Gasteiger partial charge in [0.15, 0.2) is 0 Å². The van der Waals surface area contributed by atoms with Gasteiger partial charge in [-0.2, -0.15) is 0 Å². The van der Waals surface area contributed by atoms with E-state index in [1.54, 1.807) is 42.5 Å². The number of anilines is 1. The summed E-state index contributed by atoms with van der Waals surface area (Å²) in [4.78, 5) is 27.3. The zero-order valence-corrected chi connectivity index (χ0v) is 20.9. The Morgan fingerprint density at radius 3 is 2.46 bits per heavy atom. The number of hydrogen-bond donors (Lipinski definition) is 0. The average molecular weight is 525 g/mol. The maximum absolute atomic E-state index is 14.6. The first-order valence-electron chi connectivity index (χ1n) is 10.9. The van der Waals surface area contributed by atoms with Crippen molar-refractivity contribution < 1.29 is 14.0 Å². The van der Waals surface area contributed by atoms with E-state index in [1.165, 1.54) is 6.07 Å². The summed E-state index contributed by atoms with van der Waals surface area (Å²) in [6.45, 7) is 2.28. The normalized spacial score (nSPS) is 15.1. The molecule has 2 amide bonds. The van der Waals surface area contributed by atoms with Crippen molar-refractivity contribution in [2.45, 2.75) is 19.9 Å². The number of benzene rings is 3. The van der Waals surface area contributed by atoms with Crippen molar-refractivity contribution in [1.29, 1.82) is 0 Å². The minimum atomic E-state index is -0.433. The van der Waals surface area contributed by atoms with Crippen LogP contribution in [0.3, 0.4) is 0 Å². The van der Waals surface area contributed by atoms with Crippen molar-refractivity contribution in [3.8, 4) is 0 Å². The zero-order chi connectivity index (χ0) is 24.7. The van der Waals surface area contributed by atoms with E-state index < -0.39 is 11.1 Å². The molecule has 1 aliphatic heterocycles. The summed E-state index contributed by atoms with van der Waals surface area (Å²) < 4.78 is 16.5. The zero-order valence-electron chi connectivity index (χ0n) is 18.6. The van der Waals surface area contributed by atoms with E-state index in [1.807, 2.05) is 29.0 Å². The van der Waals surface area contributed by atoms with Gasteiger partial charge in [-0.3, -0.25) is 9.59 Å². The third-order valence-electron chi connectivity index (χ3n) is 5.96. The number of rotatable bonds is 5. The predicted octanol–water partition coefficient (Wildman–Crippen LogP) is 7.94. The highest BCUT2D eigenvalue weighted by Crippen LogP contribution is 2.39. The maximum atomic E-state index is 14.6. The summed E-state index contributed by atoms with van der Waals surface area (Å²) in [5.41, 5.74) is 3.52. The van der Waals surface area contributed by atoms with Gasteiger partial charge < -0.3 is 4.57 Å². The second-order valence-electron chi connectivity index (χ2n) is 8.05. The van der Waals surface area contributed by atoms with Crippen LogP contribution in [-0.2, 0) is 17.8 Å². The minimum Gasteiger partial charge on any atom is -0.342 e. The first-order chi connectivity index (χ1) is 16.9. The van der Waals surface area contributed by atoms with Gasteiger partial charge >= 0.3 is 0 Å². The number of halogens is 3. The Balaban J connectivity index is 1.61.